The summed E-state index contributed by atoms with van der Waals surface area (Å²) in [6.45, 7) is 2.54. The van der Waals surface area contributed by atoms with Gasteiger partial charge in [-0.15, -0.1) is 0 Å². The molecule has 0 aromatic heterocycles. The van der Waals surface area contributed by atoms with E-state index >= 15 is 0 Å². The van der Waals surface area contributed by atoms with E-state index < -0.39 is 0 Å². The fourth-order valence-electron chi connectivity index (χ4n) is 0.699. The van der Waals surface area contributed by atoms with Crippen LogP contribution >= 0.6 is 0 Å². The Balaban J connectivity index is 3.24. The van der Waals surface area contributed by atoms with Crippen LogP contribution in [0.25, 0.3) is 10.4 Å². The zero-order valence-corrected chi connectivity index (χ0v) is 6.32. The van der Waals surface area contributed by atoms with E-state index in [0.717, 1.165) is 19.3 Å². The summed E-state index contributed by atoms with van der Waals surface area (Å²) in [6, 6.07) is 0.0517. The standard InChI is InChI=1S/C6H14N4/c1-2-3-4-6(7)5-9-10-8/h6H,2-5,7H2,1H3. The van der Waals surface area contributed by atoms with E-state index in [0.29, 0.717) is 6.54 Å². The maximum atomic E-state index is 7.94. The first-order chi connectivity index (χ1) is 4.81. The zero-order valence-electron chi connectivity index (χ0n) is 6.32. The zero-order chi connectivity index (χ0) is 7.82. The average Bonchev–Trinajstić information content (AvgIpc) is 1.97. The summed E-state index contributed by atoms with van der Waals surface area (Å²) in [5, 5.41) is 3.38. The molecule has 10 heavy (non-hydrogen) atoms. The van der Waals surface area contributed by atoms with E-state index in [1.807, 2.05) is 0 Å². The smallest absolute Gasteiger partial charge is 0.0409 e. The van der Waals surface area contributed by atoms with Crippen molar-refractivity contribution in [3.63, 3.8) is 0 Å². The SMILES string of the molecule is CCCCC(N)CN=[N+]=[N-]. The minimum atomic E-state index is 0.0517. The maximum Gasteiger partial charge on any atom is 0.0409 e. The van der Waals surface area contributed by atoms with Crippen LogP contribution in [0.2, 0.25) is 0 Å². The average molecular weight is 142 g/mol. The molecule has 0 aliphatic heterocycles. The third kappa shape index (κ3) is 5.41. The minimum Gasteiger partial charge on any atom is -0.328 e. The number of azide groups is 1. The van der Waals surface area contributed by atoms with Gasteiger partial charge in [0.15, 0.2) is 0 Å². The summed E-state index contributed by atoms with van der Waals surface area (Å²) < 4.78 is 0. The highest BCUT2D eigenvalue weighted by Crippen LogP contribution is 1.97. The van der Waals surface area contributed by atoms with Crippen molar-refractivity contribution in [1.82, 2.24) is 0 Å². The Morgan fingerprint density at radius 3 is 2.90 bits per heavy atom. The van der Waals surface area contributed by atoms with Gasteiger partial charge in [0.25, 0.3) is 0 Å². The molecule has 4 heteroatoms. The highest BCUT2D eigenvalue weighted by Gasteiger charge is 1.97. The van der Waals surface area contributed by atoms with E-state index in [1.54, 1.807) is 0 Å². The second-order valence-electron chi connectivity index (χ2n) is 2.32. The topological polar surface area (TPSA) is 74.8 Å². The Hall–Kier alpha value is -0.730. The van der Waals surface area contributed by atoms with Gasteiger partial charge < -0.3 is 5.73 Å². The predicted octanol–water partition coefficient (Wildman–Crippen LogP) is 1.81. The first-order valence-electron chi connectivity index (χ1n) is 3.57. The summed E-state index contributed by atoms with van der Waals surface area (Å²) >= 11 is 0. The number of hydrogen-bond acceptors (Lipinski definition) is 2. The molecule has 0 spiro atoms. The lowest BCUT2D eigenvalue weighted by molar-refractivity contribution is 0.583. The molecule has 0 amide bonds. The van der Waals surface area contributed by atoms with Gasteiger partial charge in [0.1, 0.15) is 0 Å². The van der Waals surface area contributed by atoms with Gasteiger partial charge in [-0.2, -0.15) is 0 Å². The molecule has 2 N–H and O–H groups in total. The fourth-order valence-corrected chi connectivity index (χ4v) is 0.699. The molecular weight excluding hydrogens is 128 g/mol. The molecule has 1 atom stereocenters. The van der Waals surface area contributed by atoms with E-state index in [9.17, 15) is 0 Å². The Morgan fingerprint density at radius 2 is 2.40 bits per heavy atom. The van der Waals surface area contributed by atoms with Crippen LogP contribution in [0.3, 0.4) is 0 Å². The van der Waals surface area contributed by atoms with E-state index in [2.05, 4.69) is 16.9 Å². The number of hydrogen-bond donors (Lipinski definition) is 1. The second-order valence-corrected chi connectivity index (χ2v) is 2.32. The summed E-state index contributed by atoms with van der Waals surface area (Å²) in [5.41, 5.74) is 13.5. The van der Waals surface area contributed by atoms with E-state index in [4.69, 9.17) is 11.3 Å². The molecule has 0 fully saturated rings. The van der Waals surface area contributed by atoms with Crippen molar-refractivity contribution in [3.05, 3.63) is 10.4 Å². The van der Waals surface area contributed by atoms with Crippen LogP contribution in [-0.2, 0) is 0 Å². The normalized spacial score (nSPS) is 12.2. The van der Waals surface area contributed by atoms with Crippen molar-refractivity contribution in [2.45, 2.75) is 32.2 Å². The number of nitrogens with two attached hydrogens (primary N) is 1. The second kappa shape index (κ2) is 6.39. The third-order valence-corrected chi connectivity index (χ3v) is 1.31. The van der Waals surface area contributed by atoms with Gasteiger partial charge >= 0.3 is 0 Å². The Kier molecular flexibility index (Phi) is 5.92. The van der Waals surface area contributed by atoms with Crippen LogP contribution in [0.1, 0.15) is 26.2 Å². The third-order valence-electron chi connectivity index (χ3n) is 1.31. The molecule has 0 saturated carbocycles. The molecule has 1 unspecified atom stereocenters. The lowest BCUT2D eigenvalue weighted by atomic mass is 10.1. The van der Waals surface area contributed by atoms with Crippen molar-refractivity contribution in [2.24, 2.45) is 10.8 Å². The van der Waals surface area contributed by atoms with Crippen molar-refractivity contribution < 1.29 is 0 Å². The number of rotatable bonds is 5. The first-order valence-corrected chi connectivity index (χ1v) is 3.57. The predicted molar refractivity (Wildman–Crippen MR) is 41.5 cm³/mol. The van der Waals surface area contributed by atoms with E-state index in [-0.39, 0.29) is 6.04 Å². The summed E-state index contributed by atoms with van der Waals surface area (Å²) in [6.07, 6.45) is 3.21. The molecule has 0 aromatic rings. The lowest BCUT2D eigenvalue weighted by Gasteiger charge is -2.04. The molecule has 0 aliphatic carbocycles. The molecule has 0 rings (SSSR count). The number of nitrogens with zero attached hydrogens (tertiary/aromatic N) is 3. The highest BCUT2D eigenvalue weighted by atomic mass is 15.1. The van der Waals surface area contributed by atoms with Crippen molar-refractivity contribution in [3.8, 4) is 0 Å². The first kappa shape index (κ1) is 9.27. The fraction of sp³-hybridized carbons (Fsp3) is 1.00. The van der Waals surface area contributed by atoms with Crippen molar-refractivity contribution in [1.29, 1.82) is 0 Å². The number of unbranched alkanes of at least 4 members (excludes halogenated alkanes) is 1. The summed E-state index contributed by atoms with van der Waals surface area (Å²) in [4.78, 5) is 2.63. The maximum absolute atomic E-state index is 7.94. The van der Waals surface area contributed by atoms with Crippen LogP contribution in [-0.4, -0.2) is 12.6 Å². The Morgan fingerprint density at radius 1 is 1.70 bits per heavy atom. The van der Waals surface area contributed by atoms with Gasteiger partial charge in [0.2, 0.25) is 0 Å². The molecule has 0 saturated heterocycles. The van der Waals surface area contributed by atoms with Crippen LogP contribution in [0, 0.1) is 0 Å². The van der Waals surface area contributed by atoms with E-state index in [1.165, 1.54) is 0 Å². The van der Waals surface area contributed by atoms with Crippen LogP contribution < -0.4 is 5.73 Å². The summed E-state index contributed by atoms with van der Waals surface area (Å²) in [7, 11) is 0. The minimum absolute atomic E-state index is 0.0517. The van der Waals surface area contributed by atoms with Crippen LogP contribution in [0.15, 0.2) is 5.11 Å². The molecule has 58 valence electrons. The van der Waals surface area contributed by atoms with Gasteiger partial charge in [-0.05, 0) is 12.0 Å². The monoisotopic (exact) mass is 142 g/mol. The Bertz CT molecular complexity index is 117. The lowest BCUT2D eigenvalue weighted by Crippen LogP contribution is -2.22. The molecule has 0 heterocycles. The van der Waals surface area contributed by atoms with Gasteiger partial charge in [-0.3, -0.25) is 0 Å². The molecule has 0 aliphatic rings. The summed E-state index contributed by atoms with van der Waals surface area (Å²) in [5.74, 6) is 0. The van der Waals surface area contributed by atoms with Crippen LogP contribution in [0.4, 0.5) is 0 Å². The van der Waals surface area contributed by atoms with Gasteiger partial charge in [-0.1, -0.05) is 24.9 Å². The van der Waals surface area contributed by atoms with Crippen molar-refractivity contribution >= 4 is 0 Å². The van der Waals surface area contributed by atoms with Gasteiger partial charge in [-0.25, -0.2) is 0 Å². The van der Waals surface area contributed by atoms with Crippen LogP contribution in [0.5, 0.6) is 0 Å². The largest absolute Gasteiger partial charge is 0.328 e. The van der Waals surface area contributed by atoms with Gasteiger partial charge in [0, 0.05) is 17.5 Å². The quantitative estimate of drug-likeness (QED) is 0.355. The molecule has 4 nitrogen and oxygen atoms in total. The van der Waals surface area contributed by atoms with Crippen molar-refractivity contribution in [2.75, 3.05) is 6.54 Å². The molecule has 0 bridgehead atoms. The molecule has 0 aromatic carbocycles. The highest BCUT2D eigenvalue weighted by molar-refractivity contribution is 4.63. The molecule has 0 radical (unpaired) electrons. The molecular formula is C6H14N4. The van der Waals surface area contributed by atoms with Gasteiger partial charge in [0.05, 0.1) is 0 Å². The Labute approximate surface area is 61.0 Å².